The molecule has 1 aromatic carbocycles. The molecule has 9 nitrogen and oxygen atoms in total. The highest BCUT2D eigenvalue weighted by molar-refractivity contribution is 7.99. The maximum absolute atomic E-state index is 12.8. The zero-order chi connectivity index (χ0) is 22.1. The maximum atomic E-state index is 12.8. The van der Waals surface area contributed by atoms with Crippen molar-refractivity contribution in [3.05, 3.63) is 24.3 Å². The number of carbonyl (C=O) groups excluding carboxylic acids is 2. The minimum Gasteiger partial charge on any atom is -0.431 e. The molecule has 2 atom stereocenters. The summed E-state index contributed by atoms with van der Waals surface area (Å²) in [5.74, 6) is 1.40. The highest BCUT2D eigenvalue weighted by Crippen LogP contribution is 2.28. The van der Waals surface area contributed by atoms with Crippen LogP contribution < -0.4 is 5.32 Å². The summed E-state index contributed by atoms with van der Waals surface area (Å²) in [6.45, 7) is 2.55. The molecule has 1 N–H and O–H groups in total. The predicted octanol–water partition coefficient (Wildman–Crippen LogP) is 2.73. The number of hydrogen-bond acceptors (Lipinski definition) is 8. The molecule has 5 rings (SSSR count). The molecule has 170 valence electrons. The van der Waals surface area contributed by atoms with Gasteiger partial charge in [0.1, 0.15) is 5.52 Å². The number of nitrogens with one attached hydrogen (secondary N) is 1. The van der Waals surface area contributed by atoms with Crippen LogP contribution in [0.1, 0.15) is 32.1 Å². The molecule has 4 heterocycles. The Kier molecular flexibility index (Phi) is 5.95. The Bertz CT molecular complexity index is 999. The van der Waals surface area contributed by atoms with Crippen LogP contribution in [0.4, 0.5) is 4.79 Å². The number of amides is 3. The van der Waals surface area contributed by atoms with Crippen LogP contribution in [-0.2, 0) is 4.79 Å². The van der Waals surface area contributed by atoms with Crippen molar-refractivity contribution >= 4 is 40.8 Å². The third kappa shape index (κ3) is 4.03. The Hall–Kier alpha value is -2.75. The molecular weight excluding hydrogens is 428 g/mol. The molecule has 3 aliphatic rings. The number of thioether (sulfide) groups is 1. The Labute approximate surface area is 191 Å². The number of carbonyl (C=O) groups is 2. The van der Waals surface area contributed by atoms with E-state index in [-0.39, 0.29) is 11.9 Å². The average molecular weight is 457 g/mol. The number of imide groups is 1. The second-order valence-electron chi connectivity index (χ2n) is 8.44. The quantitative estimate of drug-likeness (QED) is 0.546. The van der Waals surface area contributed by atoms with E-state index >= 15 is 0 Å². The molecule has 10 heteroatoms. The van der Waals surface area contributed by atoms with Crippen LogP contribution in [0.3, 0.4) is 0 Å². The number of benzene rings is 1. The van der Waals surface area contributed by atoms with E-state index in [1.54, 1.807) is 18.8 Å². The van der Waals surface area contributed by atoms with Crippen molar-refractivity contribution in [1.82, 2.24) is 25.0 Å². The summed E-state index contributed by atoms with van der Waals surface area (Å²) in [6, 6.07) is 6.88. The molecule has 2 fully saturated rings. The van der Waals surface area contributed by atoms with E-state index in [9.17, 15) is 9.59 Å². The van der Waals surface area contributed by atoms with Crippen molar-refractivity contribution in [2.24, 2.45) is 4.99 Å². The lowest BCUT2D eigenvalue weighted by Gasteiger charge is -2.37. The largest absolute Gasteiger partial charge is 0.431 e. The lowest BCUT2D eigenvalue weighted by molar-refractivity contribution is -0.127. The van der Waals surface area contributed by atoms with Crippen LogP contribution >= 0.6 is 11.8 Å². The fourth-order valence-electron chi connectivity index (χ4n) is 4.59. The van der Waals surface area contributed by atoms with Crippen molar-refractivity contribution in [2.75, 3.05) is 32.4 Å². The summed E-state index contributed by atoms with van der Waals surface area (Å²) >= 11 is 1.58. The van der Waals surface area contributed by atoms with Crippen molar-refractivity contribution in [3.63, 3.8) is 0 Å². The first-order valence-electron chi connectivity index (χ1n) is 11.3. The molecule has 0 aliphatic carbocycles. The molecule has 0 bridgehead atoms. The molecule has 0 radical (unpaired) electrons. The number of oxazole rings is 1. The van der Waals surface area contributed by atoms with E-state index in [0.29, 0.717) is 11.8 Å². The standard InChI is InChI=1S/C22H28N6O3S/c1-26-18-17(19(29)25-21(26)30)28(20(24-18)27-11-6-2-3-7-12-27)13-8-14-32-22-23-15-9-4-5-10-16(15)31-22/h4-5,9-10,17-18H,2-3,6-8,11-14H2,1H3,(H,25,29,30). The summed E-state index contributed by atoms with van der Waals surface area (Å²) in [7, 11) is 1.70. The van der Waals surface area contributed by atoms with Crippen molar-refractivity contribution in [2.45, 2.75) is 49.5 Å². The lowest BCUT2D eigenvalue weighted by Crippen LogP contribution is -2.64. The normalized spacial score (nSPS) is 23.9. The Balaban J connectivity index is 1.28. The Morgan fingerprint density at radius 3 is 2.72 bits per heavy atom. The summed E-state index contributed by atoms with van der Waals surface area (Å²) < 4.78 is 5.80. The van der Waals surface area contributed by atoms with Gasteiger partial charge in [0.2, 0.25) is 0 Å². The van der Waals surface area contributed by atoms with Crippen LogP contribution in [-0.4, -0.2) is 82.2 Å². The minimum atomic E-state index is -0.481. The zero-order valence-electron chi connectivity index (χ0n) is 18.2. The number of likely N-dealkylation sites (N-methyl/N-ethyl adjacent to an activating group) is 1. The number of nitrogens with zero attached hydrogens (tertiary/aromatic N) is 5. The van der Waals surface area contributed by atoms with Crippen LogP contribution in [0, 0.1) is 0 Å². The average Bonchev–Trinajstić information content (AvgIpc) is 3.27. The van der Waals surface area contributed by atoms with Crippen LogP contribution in [0.5, 0.6) is 0 Å². The van der Waals surface area contributed by atoms with Gasteiger partial charge in [-0.1, -0.05) is 36.7 Å². The summed E-state index contributed by atoms with van der Waals surface area (Å²) in [4.78, 5) is 40.3. The molecule has 3 aliphatic heterocycles. The van der Waals surface area contributed by atoms with Crippen LogP contribution in [0.2, 0.25) is 0 Å². The number of rotatable bonds is 5. The number of likely N-dealkylation sites (tertiary alicyclic amines) is 1. The molecule has 2 saturated heterocycles. The van der Waals surface area contributed by atoms with Gasteiger partial charge >= 0.3 is 6.03 Å². The molecule has 2 aromatic rings. The Morgan fingerprint density at radius 1 is 1.16 bits per heavy atom. The van der Waals surface area contributed by atoms with E-state index in [1.165, 1.54) is 17.7 Å². The lowest BCUT2D eigenvalue weighted by atomic mass is 10.1. The van der Waals surface area contributed by atoms with E-state index in [4.69, 9.17) is 9.41 Å². The smallest absolute Gasteiger partial charge is 0.325 e. The highest BCUT2D eigenvalue weighted by atomic mass is 32.2. The van der Waals surface area contributed by atoms with Crippen molar-refractivity contribution < 1.29 is 14.0 Å². The molecule has 32 heavy (non-hydrogen) atoms. The van der Waals surface area contributed by atoms with Crippen molar-refractivity contribution in [1.29, 1.82) is 0 Å². The predicted molar refractivity (Wildman–Crippen MR) is 122 cm³/mol. The first-order chi connectivity index (χ1) is 15.6. The van der Waals surface area contributed by atoms with Gasteiger partial charge in [-0.15, -0.1) is 0 Å². The molecule has 1 aromatic heterocycles. The fourth-order valence-corrected chi connectivity index (χ4v) is 5.35. The highest BCUT2D eigenvalue weighted by Gasteiger charge is 2.49. The second-order valence-corrected chi connectivity index (χ2v) is 9.48. The third-order valence-corrected chi connectivity index (χ3v) is 7.19. The van der Waals surface area contributed by atoms with E-state index in [1.807, 2.05) is 24.3 Å². The maximum Gasteiger partial charge on any atom is 0.325 e. The summed E-state index contributed by atoms with van der Waals surface area (Å²) in [5, 5.41) is 3.14. The number of fused-ring (bicyclic) bond motifs is 2. The number of urea groups is 1. The third-order valence-electron chi connectivity index (χ3n) is 6.27. The van der Waals surface area contributed by atoms with E-state index < -0.39 is 12.2 Å². The van der Waals surface area contributed by atoms with Gasteiger partial charge < -0.3 is 19.1 Å². The van der Waals surface area contributed by atoms with Gasteiger partial charge in [0, 0.05) is 32.4 Å². The van der Waals surface area contributed by atoms with E-state index in [2.05, 4.69) is 20.1 Å². The topological polar surface area (TPSA) is 94.3 Å². The minimum absolute atomic E-state index is 0.265. The van der Waals surface area contributed by atoms with Gasteiger partial charge in [-0.05, 0) is 31.4 Å². The first kappa shape index (κ1) is 21.1. The first-order valence-corrected chi connectivity index (χ1v) is 12.3. The zero-order valence-corrected chi connectivity index (χ0v) is 19.0. The number of aliphatic imine (C=N–C) groups is 1. The summed E-state index contributed by atoms with van der Waals surface area (Å²) in [6.07, 6.45) is 5.05. The van der Waals surface area contributed by atoms with Crippen LogP contribution in [0.25, 0.3) is 11.1 Å². The van der Waals surface area contributed by atoms with Crippen LogP contribution in [0.15, 0.2) is 38.9 Å². The molecule has 3 amide bonds. The molecule has 0 saturated carbocycles. The number of guanidine groups is 1. The van der Waals surface area contributed by atoms with E-state index in [0.717, 1.165) is 55.2 Å². The second kappa shape index (κ2) is 9.01. The van der Waals surface area contributed by atoms with Gasteiger partial charge in [-0.25, -0.2) is 14.8 Å². The van der Waals surface area contributed by atoms with Gasteiger partial charge in [-0.3, -0.25) is 10.1 Å². The van der Waals surface area contributed by atoms with Gasteiger partial charge in [0.15, 0.2) is 23.8 Å². The van der Waals surface area contributed by atoms with Crippen molar-refractivity contribution in [3.8, 4) is 0 Å². The fraction of sp³-hybridized carbons (Fsp3) is 0.545. The SMILES string of the molecule is CN1C(=O)NC(=O)C2C1N=C(N1CCCCCC1)N2CCCSc1nc2ccccc2o1. The molecule has 0 spiro atoms. The van der Waals surface area contributed by atoms with Gasteiger partial charge in [-0.2, -0.15) is 0 Å². The summed E-state index contributed by atoms with van der Waals surface area (Å²) in [5.41, 5.74) is 1.65. The van der Waals surface area contributed by atoms with Gasteiger partial charge in [0.05, 0.1) is 0 Å². The monoisotopic (exact) mass is 456 g/mol. The number of hydrogen-bond donors (Lipinski definition) is 1. The Morgan fingerprint density at radius 2 is 1.94 bits per heavy atom. The number of aromatic nitrogens is 1. The molecular formula is C22H28N6O3S. The number of para-hydroxylation sites is 2. The van der Waals surface area contributed by atoms with Gasteiger partial charge in [0.25, 0.3) is 11.1 Å². The molecule has 2 unspecified atom stereocenters.